The maximum Gasteiger partial charge on any atom is 0.220 e. The summed E-state index contributed by atoms with van der Waals surface area (Å²) in [5.74, 6) is -0.239. The van der Waals surface area contributed by atoms with Crippen molar-refractivity contribution in [2.24, 2.45) is 0 Å². The van der Waals surface area contributed by atoms with E-state index in [2.05, 4.69) is 92.1 Å². The van der Waals surface area contributed by atoms with Crippen LogP contribution in [0.3, 0.4) is 0 Å². The molecule has 0 aliphatic carbocycles. The van der Waals surface area contributed by atoms with E-state index in [1.54, 1.807) is 0 Å². The normalized spacial score (nSPS) is 25.5. The number of allylic oxidation sites excluding steroid dienone is 12. The van der Waals surface area contributed by atoms with Crippen LogP contribution in [0.25, 0.3) is 0 Å². The zero-order valence-electron chi connectivity index (χ0n) is 69.2. The molecule has 0 bridgehead atoms. The number of ether oxygens (including phenoxy) is 6. The van der Waals surface area contributed by atoms with Crippen LogP contribution in [0.15, 0.2) is 72.9 Å². The lowest BCUT2D eigenvalue weighted by molar-refractivity contribution is -0.379. The van der Waals surface area contributed by atoms with Crippen molar-refractivity contribution in [3.05, 3.63) is 72.9 Å². The molecule has 0 radical (unpaired) electrons. The summed E-state index contributed by atoms with van der Waals surface area (Å²) >= 11 is 0. The molecule has 19 nitrogen and oxygen atoms in total. The van der Waals surface area contributed by atoms with Gasteiger partial charge in [0.25, 0.3) is 0 Å². The summed E-state index contributed by atoms with van der Waals surface area (Å²) in [4.78, 5) is 13.5. The van der Waals surface area contributed by atoms with Crippen LogP contribution in [0.4, 0.5) is 0 Å². The molecule has 17 atom stereocenters. The average molecular weight is 1560 g/mol. The van der Waals surface area contributed by atoms with E-state index in [9.17, 15) is 61.0 Å². The molecule has 3 aliphatic heterocycles. The fourth-order valence-corrected chi connectivity index (χ4v) is 15.1. The smallest absolute Gasteiger partial charge is 0.220 e. The van der Waals surface area contributed by atoms with Gasteiger partial charge in [-0.15, -0.1) is 0 Å². The third kappa shape index (κ3) is 48.7. The van der Waals surface area contributed by atoms with E-state index in [0.29, 0.717) is 12.8 Å². The Morgan fingerprint density at radius 3 is 0.982 bits per heavy atom. The van der Waals surface area contributed by atoms with Gasteiger partial charge in [-0.3, -0.25) is 4.79 Å². The van der Waals surface area contributed by atoms with Crippen LogP contribution in [-0.2, 0) is 33.2 Å². The zero-order valence-corrected chi connectivity index (χ0v) is 69.2. The highest BCUT2D eigenvalue weighted by atomic mass is 16.8. The second-order valence-electron chi connectivity index (χ2n) is 32.0. The molecule has 3 aliphatic rings. The van der Waals surface area contributed by atoms with Gasteiger partial charge in [0, 0.05) is 6.42 Å². The summed E-state index contributed by atoms with van der Waals surface area (Å²) in [7, 11) is 0. The van der Waals surface area contributed by atoms with Crippen molar-refractivity contribution in [1.29, 1.82) is 0 Å². The second kappa shape index (κ2) is 70.4. The van der Waals surface area contributed by atoms with E-state index in [1.165, 1.54) is 250 Å². The summed E-state index contributed by atoms with van der Waals surface area (Å²) in [5.41, 5.74) is 0. The molecule has 0 aromatic rings. The molecule has 19 heteroatoms. The van der Waals surface area contributed by atoms with Gasteiger partial charge in [-0.05, 0) is 64.2 Å². The average Bonchev–Trinajstić information content (AvgIpc) is 0.795. The van der Waals surface area contributed by atoms with Gasteiger partial charge in [0.05, 0.1) is 38.6 Å². The zero-order chi connectivity index (χ0) is 79.5. The van der Waals surface area contributed by atoms with Gasteiger partial charge >= 0.3 is 0 Å². The molecule has 0 aromatic carbocycles. The summed E-state index contributed by atoms with van der Waals surface area (Å²) in [6.45, 7) is 1.74. The first-order valence-electron chi connectivity index (χ1n) is 45.2. The maximum atomic E-state index is 13.5. The summed E-state index contributed by atoms with van der Waals surface area (Å²) in [6, 6.07) is -0.892. The van der Waals surface area contributed by atoms with E-state index in [0.717, 1.165) is 83.5 Å². The minimum atomic E-state index is -1.98. The minimum absolute atomic E-state index is 0.239. The molecule has 0 spiro atoms. The highest BCUT2D eigenvalue weighted by Crippen LogP contribution is 2.34. The lowest BCUT2D eigenvalue weighted by Crippen LogP contribution is -2.66. The Bertz CT molecular complexity index is 2270. The van der Waals surface area contributed by atoms with Gasteiger partial charge < -0.3 is 89.9 Å². The Hall–Kier alpha value is -2.77. The molecular formula is C91H165NO18. The van der Waals surface area contributed by atoms with Crippen molar-refractivity contribution in [1.82, 2.24) is 5.32 Å². The van der Waals surface area contributed by atoms with Crippen LogP contribution >= 0.6 is 0 Å². The lowest BCUT2D eigenvalue weighted by atomic mass is 9.96. The van der Waals surface area contributed by atoms with Gasteiger partial charge in [0.15, 0.2) is 18.9 Å². The van der Waals surface area contributed by atoms with Crippen molar-refractivity contribution >= 4 is 5.91 Å². The number of hydrogen-bond acceptors (Lipinski definition) is 18. The SMILES string of the molecule is CC/C=C\C/C=C\C/C=C\C/C=C\C/C=C\C/C=C\CCCCCCCCCCCCCCCCCCC(=O)NC(COC1OC(CO)C(OC2OC(CO)C(OC3OC(CO)C(O)C(O)C3O)C(O)C2O)C(O)C1O)C(O)CCCCCCCCCCCCCCCCCCCCCCCCCCCCCCCC. The molecule has 12 N–H and O–H groups in total. The molecule has 0 saturated carbocycles. The maximum absolute atomic E-state index is 13.5. The number of amides is 1. The number of hydrogen-bond donors (Lipinski definition) is 12. The highest BCUT2D eigenvalue weighted by Gasteiger charge is 2.54. The highest BCUT2D eigenvalue weighted by molar-refractivity contribution is 5.76. The van der Waals surface area contributed by atoms with E-state index in [4.69, 9.17) is 28.4 Å². The summed E-state index contributed by atoms with van der Waals surface area (Å²) < 4.78 is 34.6. The Morgan fingerprint density at radius 1 is 0.336 bits per heavy atom. The standard InChI is InChI=1S/C91H165NO18/c1-3-5-7-9-11-13-15-17-19-21-23-25-27-29-31-33-35-36-37-38-39-41-43-45-47-49-51-53-55-57-59-61-63-65-67-69-79(97)92-74(75(96)68-66-64-62-60-58-56-54-52-50-48-46-44-42-40-34-32-30-28-26-24-22-20-18-16-14-12-10-8-6-4-2)73-105-89-85(103)82(100)87(77(71-94)107-89)110-91-86(104)83(101)88(78(72-95)108-91)109-90-84(102)81(99)80(98)76(70-93)106-90/h5,7,11,13,17,19,23,25,29,31,35-36,74-78,80-91,93-96,98-104H,3-4,6,8-10,12,14-16,18,20-22,24,26-28,30,32-34,37-73H2,1-2H3,(H,92,97)/b7-5-,13-11-,19-17-,25-23-,31-29-,36-35-. The van der Waals surface area contributed by atoms with Gasteiger partial charge in [-0.1, -0.05) is 369 Å². The fourth-order valence-electron chi connectivity index (χ4n) is 15.1. The third-order valence-electron chi connectivity index (χ3n) is 22.3. The number of aliphatic hydroxyl groups is 11. The van der Waals surface area contributed by atoms with E-state index in [1.807, 2.05) is 0 Å². The van der Waals surface area contributed by atoms with Crippen molar-refractivity contribution < 1.29 is 89.4 Å². The molecule has 110 heavy (non-hydrogen) atoms. The van der Waals surface area contributed by atoms with Gasteiger partial charge in [-0.2, -0.15) is 0 Å². The molecule has 1 amide bonds. The van der Waals surface area contributed by atoms with Gasteiger partial charge in [0.1, 0.15) is 73.2 Å². The van der Waals surface area contributed by atoms with Crippen LogP contribution in [0.1, 0.15) is 367 Å². The van der Waals surface area contributed by atoms with E-state index < -0.39 is 124 Å². The quantitative estimate of drug-likeness (QED) is 0.0199. The minimum Gasteiger partial charge on any atom is -0.394 e. The Kier molecular flexibility index (Phi) is 64.9. The van der Waals surface area contributed by atoms with E-state index in [-0.39, 0.29) is 18.9 Å². The first kappa shape index (κ1) is 101. The number of carbonyl (C=O) groups excluding carboxylic acids is 1. The molecule has 0 aromatic heterocycles. The Morgan fingerprint density at radius 2 is 0.627 bits per heavy atom. The van der Waals surface area contributed by atoms with Crippen molar-refractivity contribution in [3.63, 3.8) is 0 Å². The third-order valence-corrected chi connectivity index (χ3v) is 22.3. The fraction of sp³-hybridized carbons (Fsp3) is 0.857. The van der Waals surface area contributed by atoms with Crippen LogP contribution in [-0.4, -0.2) is 193 Å². The van der Waals surface area contributed by atoms with Gasteiger partial charge in [0.2, 0.25) is 5.91 Å². The summed E-state index contributed by atoms with van der Waals surface area (Å²) in [5, 5.41) is 121. The van der Waals surface area contributed by atoms with Crippen LogP contribution < -0.4 is 5.32 Å². The van der Waals surface area contributed by atoms with Crippen LogP contribution in [0.5, 0.6) is 0 Å². The summed E-state index contributed by atoms with van der Waals surface area (Å²) in [6.07, 6.45) is 67.2. The van der Waals surface area contributed by atoms with Crippen molar-refractivity contribution in [2.75, 3.05) is 26.4 Å². The monoisotopic (exact) mass is 1560 g/mol. The number of nitrogens with one attached hydrogen (secondary N) is 1. The molecule has 3 heterocycles. The molecule has 3 saturated heterocycles. The topological polar surface area (TPSA) is 307 Å². The van der Waals surface area contributed by atoms with Crippen molar-refractivity contribution in [3.8, 4) is 0 Å². The Balaban J connectivity index is 1.32. The molecule has 17 unspecified atom stereocenters. The van der Waals surface area contributed by atoms with Gasteiger partial charge in [-0.25, -0.2) is 0 Å². The molecule has 3 rings (SSSR count). The second-order valence-corrected chi connectivity index (χ2v) is 32.0. The number of carbonyl (C=O) groups is 1. The Labute approximate surface area is 668 Å². The van der Waals surface area contributed by atoms with E-state index >= 15 is 0 Å². The first-order valence-corrected chi connectivity index (χ1v) is 45.2. The number of aliphatic hydroxyl groups excluding tert-OH is 11. The van der Waals surface area contributed by atoms with Crippen LogP contribution in [0, 0.1) is 0 Å². The predicted octanol–water partition coefficient (Wildman–Crippen LogP) is 17.1. The number of rotatable bonds is 73. The first-order chi connectivity index (χ1) is 53.8. The molecule has 3 fully saturated rings. The van der Waals surface area contributed by atoms with Crippen LogP contribution in [0.2, 0.25) is 0 Å². The molecule has 642 valence electrons. The van der Waals surface area contributed by atoms with Crippen molar-refractivity contribution in [2.45, 2.75) is 471 Å². The predicted molar refractivity (Wildman–Crippen MR) is 443 cm³/mol. The number of unbranched alkanes of at least 4 members (excludes halogenated alkanes) is 45. The largest absolute Gasteiger partial charge is 0.394 e. The lowest BCUT2D eigenvalue weighted by Gasteiger charge is -2.48. The molecular weight excluding hydrogens is 1390 g/mol.